The highest BCUT2D eigenvalue weighted by Gasteiger charge is 2.21. The second-order valence-corrected chi connectivity index (χ2v) is 6.30. The molecular formula is C14H16N4O4S. The van der Waals surface area contributed by atoms with Gasteiger partial charge < -0.3 is 15.0 Å². The molecule has 0 atom stereocenters. The van der Waals surface area contributed by atoms with Gasteiger partial charge in [0, 0.05) is 13.1 Å². The minimum Gasteiger partial charge on any atom is -0.465 e. The molecule has 0 saturated carbocycles. The van der Waals surface area contributed by atoms with Crippen molar-refractivity contribution in [2.24, 2.45) is 0 Å². The van der Waals surface area contributed by atoms with Crippen molar-refractivity contribution < 1.29 is 14.3 Å². The molecule has 1 amide bonds. The number of carbonyl (C=O) groups is 2. The van der Waals surface area contributed by atoms with Gasteiger partial charge in [-0.25, -0.2) is 9.78 Å². The summed E-state index contributed by atoms with van der Waals surface area (Å²) >= 11 is 1.14. The number of amides is 1. The number of nitrogens with zero attached hydrogens (tertiary/aromatic N) is 2. The average molecular weight is 336 g/mol. The summed E-state index contributed by atoms with van der Waals surface area (Å²) in [6.45, 7) is 3.64. The van der Waals surface area contributed by atoms with Gasteiger partial charge in [0.15, 0.2) is 0 Å². The summed E-state index contributed by atoms with van der Waals surface area (Å²) in [7, 11) is 1.30. The van der Waals surface area contributed by atoms with E-state index in [1.165, 1.54) is 7.11 Å². The molecule has 0 radical (unpaired) electrons. The van der Waals surface area contributed by atoms with Gasteiger partial charge in [0.1, 0.15) is 15.5 Å². The highest BCUT2D eigenvalue weighted by atomic mass is 32.1. The molecular weight excluding hydrogens is 320 g/mol. The summed E-state index contributed by atoms with van der Waals surface area (Å²) in [6, 6.07) is 0. The number of ether oxygens (including phenoxy) is 1. The Bertz CT molecular complexity index is 841. The molecule has 1 fully saturated rings. The lowest BCUT2D eigenvalue weighted by Crippen LogP contribution is -2.47. The number of fused-ring (bicyclic) bond motifs is 1. The Labute approximate surface area is 135 Å². The van der Waals surface area contributed by atoms with Crippen LogP contribution in [-0.2, 0) is 16.1 Å². The van der Waals surface area contributed by atoms with Gasteiger partial charge in [0.25, 0.3) is 5.56 Å². The van der Waals surface area contributed by atoms with Gasteiger partial charge in [-0.1, -0.05) is 0 Å². The topological polar surface area (TPSA) is 104 Å². The van der Waals surface area contributed by atoms with Gasteiger partial charge in [-0.2, -0.15) is 0 Å². The zero-order chi connectivity index (χ0) is 16.6. The molecule has 122 valence electrons. The Hall–Kier alpha value is -2.26. The highest BCUT2D eigenvalue weighted by Crippen LogP contribution is 2.27. The molecule has 0 aromatic carbocycles. The Kier molecular flexibility index (Phi) is 4.14. The maximum Gasteiger partial charge on any atom is 0.348 e. The SMILES string of the molecule is COC(=O)c1sc2nc(CN3CCNC(=O)C3)[nH]c(=O)c2c1C. The number of esters is 1. The van der Waals surface area contributed by atoms with E-state index in [1.807, 2.05) is 4.90 Å². The first-order valence-electron chi connectivity index (χ1n) is 7.09. The first-order chi connectivity index (χ1) is 11.0. The van der Waals surface area contributed by atoms with Crippen LogP contribution in [0.5, 0.6) is 0 Å². The Morgan fingerprint density at radius 2 is 2.22 bits per heavy atom. The molecule has 2 aromatic rings. The van der Waals surface area contributed by atoms with Crippen molar-refractivity contribution in [1.29, 1.82) is 0 Å². The van der Waals surface area contributed by atoms with E-state index in [0.717, 1.165) is 11.3 Å². The van der Waals surface area contributed by atoms with E-state index in [4.69, 9.17) is 4.74 Å². The number of nitrogens with one attached hydrogen (secondary N) is 2. The van der Waals surface area contributed by atoms with Crippen LogP contribution >= 0.6 is 11.3 Å². The number of aromatic amines is 1. The number of hydrogen-bond donors (Lipinski definition) is 2. The molecule has 0 bridgehead atoms. The zero-order valence-electron chi connectivity index (χ0n) is 12.8. The first-order valence-corrected chi connectivity index (χ1v) is 7.91. The summed E-state index contributed by atoms with van der Waals surface area (Å²) in [6.07, 6.45) is 0. The van der Waals surface area contributed by atoms with E-state index in [1.54, 1.807) is 6.92 Å². The van der Waals surface area contributed by atoms with E-state index < -0.39 is 5.97 Å². The van der Waals surface area contributed by atoms with E-state index >= 15 is 0 Å². The van der Waals surface area contributed by atoms with Gasteiger partial charge in [-0.3, -0.25) is 14.5 Å². The number of H-pyrrole nitrogens is 1. The zero-order valence-corrected chi connectivity index (χ0v) is 13.6. The van der Waals surface area contributed by atoms with E-state index in [-0.39, 0.29) is 18.0 Å². The molecule has 1 aliphatic heterocycles. The van der Waals surface area contributed by atoms with Crippen LogP contribution in [0.15, 0.2) is 4.79 Å². The fourth-order valence-electron chi connectivity index (χ4n) is 2.59. The summed E-state index contributed by atoms with van der Waals surface area (Å²) in [5.41, 5.74) is 0.296. The van der Waals surface area contributed by atoms with Crippen molar-refractivity contribution in [1.82, 2.24) is 20.2 Å². The normalized spacial score (nSPS) is 15.7. The number of thiophene rings is 1. The van der Waals surface area contributed by atoms with Crippen LogP contribution < -0.4 is 10.9 Å². The maximum atomic E-state index is 12.3. The van der Waals surface area contributed by atoms with Crippen molar-refractivity contribution >= 4 is 33.4 Å². The van der Waals surface area contributed by atoms with E-state index in [2.05, 4.69) is 15.3 Å². The maximum absolute atomic E-state index is 12.3. The molecule has 1 saturated heterocycles. The van der Waals surface area contributed by atoms with Gasteiger partial charge in [0.2, 0.25) is 5.91 Å². The summed E-state index contributed by atoms with van der Waals surface area (Å²) < 4.78 is 4.73. The van der Waals surface area contributed by atoms with Crippen LogP contribution in [0.25, 0.3) is 10.2 Å². The number of rotatable bonds is 3. The van der Waals surface area contributed by atoms with Crippen LogP contribution in [0.1, 0.15) is 21.1 Å². The summed E-state index contributed by atoms with van der Waals surface area (Å²) in [4.78, 5) is 45.4. The van der Waals surface area contributed by atoms with E-state index in [9.17, 15) is 14.4 Å². The minimum absolute atomic E-state index is 0.0420. The number of piperazine rings is 1. The van der Waals surface area contributed by atoms with Crippen molar-refractivity contribution in [2.45, 2.75) is 13.5 Å². The Morgan fingerprint density at radius 3 is 2.91 bits per heavy atom. The number of aryl methyl sites for hydroxylation is 1. The molecule has 0 unspecified atom stereocenters. The third kappa shape index (κ3) is 2.97. The number of aromatic nitrogens is 2. The Balaban J connectivity index is 1.96. The predicted molar refractivity (Wildman–Crippen MR) is 84.6 cm³/mol. The van der Waals surface area contributed by atoms with Gasteiger partial charge in [0.05, 0.1) is 25.6 Å². The third-order valence-electron chi connectivity index (χ3n) is 3.71. The van der Waals surface area contributed by atoms with Crippen molar-refractivity contribution in [2.75, 3.05) is 26.7 Å². The smallest absolute Gasteiger partial charge is 0.348 e. The van der Waals surface area contributed by atoms with Crippen LogP contribution in [0.4, 0.5) is 0 Å². The van der Waals surface area contributed by atoms with Gasteiger partial charge >= 0.3 is 5.97 Å². The molecule has 2 aromatic heterocycles. The fourth-order valence-corrected chi connectivity index (χ4v) is 3.71. The highest BCUT2D eigenvalue weighted by molar-refractivity contribution is 7.20. The standard InChI is InChI=1S/C14H16N4O4S/c1-7-10-12(20)16-8(5-18-4-3-15-9(19)6-18)17-13(10)23-11(7)14(21)22-2/h3-6H2,1-2H3,(H,15,19)(H,16,17,20). The average Bonchev–Trinajstić information content (AvgIpc) is 2.84. The molecule has 3 heterocycles. The first kappa shape index (κ1) is 15.6. The predicted octanol–water partition coefficient (Wildman–Crippen LogP) is 0.0114. The minimum atomic E-state index is -0.473. The van der Waals surface area contributed by atoms with Crippen molar-refractivity contribution in [3.8, 4) is 0 Å². The van der Waals surface area contributed by atoms with Crippen LogP contribution in [0, 0.1) is 6.92 Å². The van der Waals surface area contributed by atoms with Crippen molar-refractivity contribution in [3.05, 3.63) is 26.6 Å². The molecule has 3 rings (SSSR count). The molecule has 1 aliphatic rings. The lowest BCUT2D eigenvalue weighted by atomic mass is 10.2. The number of carbonyl (C=O) groups excluding carboxylic acids is 2. The lowest BCUT2D eigenvalue weighted by Gasteiger charge is -2.25. The summed E-state index contributed by atoms with van der Waals surface area (Å²) in [5, 5.41) is 3.16. The molecule has 0 spiro atoms. The molecule has 9 heteroatoms. The quantitative estimate of drug-likeness (QED) is 0.765. The molecule has 8 nitrogen and oxygen atoms in total. The van der Waals surface area contributed by atoms with Crippen LogP contribution in [-0.4, -0.2) is 53.5 Å². The molecule has 23 heavy (non-hydrogen) atoms. The van der Waals surface area contributed by atoms with Gasteiger partial charge in [-0.15, -0.1) is 11.3 Å². The van der Waals surface area contributed by atoms with Crippen molar-refractivity contribution in [3.63, 3.8) is 0 Å². The summed E-state index contributed by atoms with van der Waals surface area (Å²) in [5.74, 6) is -0.0337. The lowest BCUT2D eigenvalue weighted by molar-refractivity contribution is -0.124. The van der Waals surface area contributed by atoms with E-state index in [0.29, 0.717) is 46.1 Å². The second-order valence-electron chi connectivity index (χ2n) is 5.30. The largest absolute Gasteiger partial charge is 0.465 e. The second kappa shape index (κ2) is 6.09. The number of methoxy groups -OCH3 is 1. The monoisotopic (exact) mass is 336 g/mol. The molecule has 2 N–H and O–H groups in total. The van der Waals surface area contributed by atoms with Crippen LogP contribution in [0.2, 0.25) is 0 Å². The fraction of sp³-hybridized carbons (Fsp3) is 0.429. The number of hydrogen-bond acceptors (Lipinski definition) is 7. The third-order valence-corrected chi connectivity index (χ3v) is 4.88. The van der Waals surface area contributed by atoms with Gasteiger partial charge in [-0.05, 0) is 12.5 Å². The molecule has 0 aliphatic carbocycles. The van der Waals surface area contributed by atoms with Crippen LogP contribution in [0.3, 0.4) is 0 Å². The Morgan fingerprint density at radius 1 is 1.43 bits per heavy atom.